The first-order valence-corrected chi connectivity index (χ1v) is 6.49. The van der Waals surface area contributed by atoms with Gasteiger partial charge in [-0.05, 0) is 31.2 Å². The quantitative estimate of drug-likeness (QED) is 0.857. The predicted molar refractivity (Wildman–Crippen MR) is 75.7 cm³/mol. The molecular weight excluding hydrogens is 272 g/mol. The molecule has 1 N–H and O–H groups in total. The molecule has 0 saturated carbocycles. The Morgan fingerprint density at radius 2 is 1.90 bits per heavy atom. The molecule has 0 aliphatic carbocycles. The molecule has 0 spiro atoms. The maximum absolute atomic E-state index is 12.1. The molecular formula is C15H18N2O4. The second-order valence-corrected chi connectivity index (χ2v) is 4.85. The molecule has 0 radical (unpaired) electrons. The summed E-state index contributed by atoms with van der Waals surface area (Å²) >= 11 is 0. The molecule has 0 bridgehead atoms. The Morgan fingerprint density at radius 3 is 2.38 bits per heavy atom. The zero-order chi connectivity index (χ0) is 16.0. The van der Waals surface area contributed by atoms with Crippen molar-refractivity contribution in [2.24, 2.45) is 5.92 Å². The van der Waals surface area contributed by atoms with Crippen LogP contribution < -0.4 is 4.74 Å². The summed E-state index contributed by atoms with van der Waals surface area (Å²) in [6.07, 6.45) is -0.732. The van der Waals surface area contributed by atoms with Crippen LogP contribution >= 0.6 is 0 Å². The molecule has 1 amide bonds. The molecule has 2 atom stereocenters. The van der Waals surface area contributed by atoms with E-state index < -0.39 is 18.0 Å². The van der Waals surface area contributed by atoms with Gasteiger partial charge in [0.1, 0.15) is 5.75 Å². The number of hydrogen-bond donors (Lipinski definition) is 1. The summed E-state index contributed by atoms with van der Waals surface area (Å²) in [6.45, 7) is 3.26. The summed E-state index contributed by atoms with van der Waals surface area (Å²) < 4.78 is 5.49. The maximum Gasteiger partial charge on any atom is 0.308 e. The third-order valence-corrected chi connectivity index (χ3v) is 2.99. The molecule has 0 aliphatic heterocycles. The molecule has 6 heteroatoms. The second kappa shape index (κ2) is 7.29. The number of amides is 1. The van der Waals surface area contributed by atoms with Crippen molar-refractivity contribution < 1.29 is 19.4 Å². The fourth-order valence-electron chi connectivity index (χ4n) is 1.75. The second-order valence-electron chi connectivity index (χ2n) is 4.85. The zero-order valence-electron chi connectivity index (χ0n) is 12.2. The number of carbonyl (C=O) groups is 2. The number of rotatable bonds is 6. The van der Waals surface area contributed by atoms with Gasteiger partial charge in [0, 0.05) is 13.6 Å². The van der Waals surface area contributed by atoms with Crippen LogP contribution in [0.3, 0.4) is 0 Å². The van der Waals surface area contributed by atoms with E-state index in [0.717, 1.165) is 0 Å². The van der Waals surface area contributed by atoms with Gasteiger partial charge in [-0.2, -0.15) is 5.26 Å². The van der Waals surface area contributed by atoms with Crippen LogP contribution in [0.5, 0.6) is 5.75 Å². The Hall–Kier alpha value is -2.55. The third-order valence-electron chi connectivity index (χ3n) is 2.99. The van der Waals surface area contributed by atoms with Crippen molar-refractivity contribution in [1.82, 2.24) is 4.90 Å². The van der Waals surface area contributed by atoms with Crippen LogP contribution in [-0.2, 0) is 9.59 Å². The van der Waals surface area contributed by atoms with Crippen molar-refractivity contribution in [3.05, 3.63) is 29.8 Å². The molecule has 0 aromatic heterocycles. The number of ether oxygens (including phenoxy) is 1. The number of carboxylic acid groups (broad SMARTS) is 1. The Kier molecular flexibility index (Phi) is 5.73. The normalized spacial score (nSPS) is 12.9. The minimum Gasteiger partial charge on any atom is -0.481 e. The minimum atomic E-state index is -0.949. The number of nitrogens with zero attached hydrogens (tertiary/aromatic N) is 2. The number of likely N-dealkylation sites (N-methyl/N-ethyl adjacent to an activating group) is 1. The van der Waals surface area contributed by atoms with Gasteiger partial charge in [0.2, 0.25) is 0 Å². The highest BCUT2D eigenvalue weighted by molar-refractivity contribution is 5.81. The Balaban J connectivity index is 2.61. The van der Waals surface area contributed by atoms with E-state index in [4.69, 9.17) is 15.1 Å². The Bertz CT molecular complexity index is 548. The molecule has 2 unspecified atom stereocenters. The topological polar surface area (TPSA) is 90.6 Å². The lowest BCUT2D eigenvalue weighted by Gasteiger charge is -2.23. The van der Waals surface area contributed by atoms with E-state index in [1.165, 1.54) is 11.8 Å². The Morgan fingerprint density at radius 1 is 1.33 bits per heavy atom. The highest BCUT2D eigenvalue weighted by atomic mass is 16.5. The van der Waals surface area contributed by atoms with Crippen LogP contribution in [0, 0.1) is 17.2 Å². The number of carboxylic acids is 1. The van der Waals surface area contributed by atoms with E-state index in [1.54, 1.807) is 38.2 Å². The van der Waals surface area contributed by atoms with Crippen LogP contribution in [0.4, 0.5) is 0 Å². The number of aliphatic carboxylic acids is 1. The van der Waals surface area contributed by atoms with Crippen molar-refractivity contribution in [3.63, 3.8) is 0 Å². The summed E-state index contributed by atoms with van der Waals surface area (Å²) in [4.78, 5) is 24.2. The third kappa shape index (κ3) is 4.80. The SMILES string of the molecule is CC(CN(C)C(=O)C(C)Oc1ccc(C#N)cc1)C(=O)O. The van der Waals surface area contributed by atoms with Crippen molar-refractivity contribution in [3.8, 4) is 11.8 Å². The smallest absolute Gasteiger partial charge is 0.308 e. The van der Waals surface area contributed by atoms with Crippen molar-refractivity contribution >= 4 is 11.9 Å². The first kappa shape index (κ1) is 16.5. The number of benzene rings is 1. The zero-order valence-corrected chi connectivity index (χ0v) is 12.2. The van der Waals surface area contributed by atoms with Crippen LogP contribution in [0.25, 0.3) is 0 Å². The molecule has 0 aliphatic rings. The van der Waals surface area contributed by atoms with Crippen LogP contribution in [0.2, 0.25) is 0 Å². The van der Waals surface area contributed by atoms with Crippen LogP contribution in [0.15, 0.2) is 24.3 Å². The van der Waals surface area contributed by atoms with E-state index in [-0.39, 0.29) is 12.5 Å². The fourth-order valence-corrected chi connectivity index (χ4v) is 1.75. The largest absolute Gasteiger partial charge is 0.481 e. The summed E-state index contributed by atoms with van der Waals surface area (Å²) in [6, 6.07) is 8.42. The fraction of sp³-hybridized carbons (Fsp3) is 0.400. The van der Waals surface area contributed by atoms with Crippen molar-refractivity contribution in [2.45, 2.75) is 20.0 Å². The number of nitriles is 1. The van der Waals surface area contributed by atoms with Gasteiger partial charge in [0.05, 0.1) is 17.6 Å². The monoisotopic (exact) mass is 290 g/mol. The van der Waals surface area contributed by atoms with Gasteiger partial charge in [-0.3, -0.25) is 9.59 Å². The first-order valence-electron chi connectivity index (χ1n) is 6.49. The summed E-state index contributed by atoms with van der Waals surface area (Å²) in [5.74, 6) is -1.40. The minimum absolute atomic E-state index is 0.120. The molecule has 1 aromatic rings. The highest BCUT2D eigenvalue weighted by Gasteiger charge is 2.22. The molecule has 0 heterocycles. The van der Waals surface area contributed by atoms with Gasteiger partial charge in [0.15, 0.2) is 6.10 Å². The summed E-state index contributed by atoms with van der Waals surface area (Å²) in [5.41, 5.74) is 0.508. The molecule has 0 saturated heterocycles. The standard InChI is InChI=1S/C15H18N2O4/c1-10(15(19)20)9-17(3)14(18)11(2)21-13-6-4-12(8-16)5-7-13/h4-7,10-11H,9H2,1-3H3,(H,19,20). The van der Waals surface area contributed by atoms with Crippen LogP contribution in [-0.4, -0.2) is 41.6 Å². The lowest BCUT2D eigenvalue weighted by Crippen LogP contribution is -2.41. The molecule has 6 nitrogen and oxygen atoms in total. The number of hydrogen-bond acceptors (Lipinski definition) is 4. The van der Waals surface area contributed by atoms with Gasteiger partial charge in [-0.1, -0.05) is 6.92 Å². The molecule has 112 valence electrons. The van der Waals surface area contributed by atoms with Gasteiger partial charge in [-0.25, -0.2) is 0 Å². The van der Waals surface area contributed by atoms with E-state index in [2.05, 4.69) is 0 Å². The van der Waals surface area contributed by atoms with Crippen molar-refractivity contribution in [2.75, 3.05) is 13.6 Å². The number of carbonyl (C=O) groups excluding carboxylic acids is 1. The summed E-state index contributed by atoms with van der Waals surface area (Å²) in [7, 11) is 1.54. The highest BCUT2D eigenvalue weighted by Crippen LogP contribution is 2.14. The molecule has 1 aromatic carbocycles. The molecule has 21 heavy (non-hydrogen) atoms. The Labute approximate surface area is 123 Å². The van der Waals surface area contributed by atoms with E-state index >= 15 is 0 Å². The van der Waals surface area contributed by atoms with E-state index in [1.807, 2.05) is 6.07 Å². The van der Waals surface area contributed by atoms with Gasteiger partial charge >= 0.3 is 5.97 Å². The first-order chi connectivity index (χ1) is 9.85. The average Bonchev–Trinajstić information content (AvgIpc) is 2.46. The maximum atomic E-state index is 12.1. The molecule has 1 rings (SSSR count). The van der Waals surface area contributed by atoms with Gasteiger partial charge < -0.3 is 14.7 Å². The predicted octanol–water partition coefficient (Wildman–Crippen LogP) is 1.50. The van der Waals surface area contributed by atoms with Gasteiger partial charge in [0.25, 0.3) is 5.91 Å². The summed E-state index contributed by atoms with van der Waals surface area (Å²) in [5, 5.41) is 17.5. The van der Waals surface area contributed by atoms with Gasteiger partial charge in [-0.15, -0.1) is 0 Å². The van der Waals surface area contributed by atoms with Crippen LogP contribution in [0.1, 0.15) is 19.4 Å². The van der Waals surface area contributed by atoms with E-state index in [0.29, 0.717) is 11.3 Å². The molecule has 0 fully saturated rings. The van der Waals surface area contributed by atoms with E-state index in [9.17, 15) is 9.59 Å². The average molecular weight is 290 g/mol. The lowest BCUT2D eigenvalue weighted by molar-refractivity contribution is -0.144. The lowest BCUT2D eigenvalue weighted by atomic mass is 10.1. The van der Waals surface area contributed by atoms with Crippen molar-refractivity contribution in [1.29, 1.82) is 5.26 Å².